The van der Waals surface area contributed by atoms with E-state index in [9.17, 15) is 0 Å². The zero-order valence-electron chi connectivity index (χ0n) is 15.8. The highest BCUT2D eigenvalue weighted by atomic mass is 35.5. The largest absolute Gasteiger partial charge is 0.457 e. The molecule has 142 valence electrons. The molecule has 0 bridgehead atoms. The van der Waals surface area contributed by atoms with Crippen molar-refractivity contribution in [3.8, 4) is 5.75 Å². The number of hydrogen-bond acceptors (Lipinski definition) is 1. The number of rotatable bonds is 2. The summed E-state index contributed by atoms with van der Waals surface area (Å²) in [6, 6.07) is 28.2. The Labute approximate surface area is 180 Å². The molecule has 0 radical (unpaired) electrons. The maximum absolute atomic E-state index is 6.69. The number of ether oxygens (including phenoxy) is 1. The van der Waals surface area contributed by atoms with Crippen LogP contribution >= 0.6 is 23.2 Å². The van der Waals surface area contributed by atoms with Crippen LogP contribution in [0.4, 0.5) is 0 Å². The van der Waals surface area contributed by atoms with Crippen molar-refractivity contribution < 1.29 is 4.74 Å². The lowest BCUT2D eigenvalue weighted by molar-refractivity contribution is 0.472. The molecular weight excluding hydrogens is 399 g/mol. The van der Waals surface area contributed by atoms with Crippen molar-refractivity contribution in [2.75, 3.05) is 0 Å². The summed E-state index contributed by atoms with van der Waals surface area (Å²) < 4.78 is 6.40. The summed E-state index contributed by atoms with van der Waals surface area (Å²) in [6.07, 6.45) is 2.14. The number of fused-ring (bicyclic) bond motifs is 3. The summed E-state index contributed by atoms with van der Waals surface area (Å²) in [6.45, 7) is 2.19. The summed E-state index contributed by atoms with van der Waals surface area (Å²) in [5, 5.41) is 3.71. The van der Waals surface area contributed by atoms with Gasteiger partial charge in [0.25, 0.3) is 0 Å². The molecule has 0 aromatic heterocycles. The lowest BCUT2D eigenvalue weighted by atomic mass is 9.72. The van der Waals surface area contributed by atoms with Gasteiger partial charge in [-0.2, -0.15) is 0 Å². The summed E-state index contributed by atoms with van der Waals surface area (Å²) in [7, 11) is 0. The summed E-state index contributed by atoms with van der Waals surface area (Å²) >= 11 is 13.2. The van der Waals surface area contributed by atoms with E-state index in [2.05, 4.69) is 49.4 Å². The molecular formula is C26H18Cl2O. The Morgan fingerprint density at radius 2 is 1.41 bits per heavy atom. The Kier molecular flexibility index (Phi) is 4.38. The molecule has 0 spiro atoms. The van der Waals surface area contributed by atoms with Gasteiger partial charge in [0.1, 0.15) is 11.5 Å². The predicted octanol–water partition coefficient (Wildman–Crippen LogP) is 7.89. The van der Waals surface area contributed by atoms with E-state index < -0.39 is 5.41 Å². The lowest BCUT2D eigenvalue weighted by Crippen LogP contribution is -2.27. The van der Waals surface area contributed by atoms with Gasteiger partial charge in [-0.25, -0.2) is 0 Å². The van der Waals surface area contributed by atoms with Crippen LogP contribution in [0.1, 0.15) is 23.6 Å². The maximum atomic E-state index is 6.69. The van der Waals surface area contributed by atoms with Crippen LogP contribution in [0.2, 0.25) is 10.0 Å². The first-order valence-corrected chi connectivity index (χ1v) is 10.3. The van der Waals surface area contributed by atoms with E-state index in [1.165, 1.54) is 5.39 Å². The van der Waals surface area contributed by atoms with Crippen LogP contribution in [0, 0.1) is 0 Å². The summed E-state index contributed by atoms with van der Waals surface area (Å²) in [4.78, 5) is 0. The van der Waals surface area contributed by atoms with Crippen molar-refractivity contribution in [1.29, 1.82) is 0 Å². The molecule has 4 aromatic rings. The van der Waals surface area contributed by atoms with E-state index in [0.29, 0.717) is 5.02 Å². The molecule has 5 rings (SSSR count). The molecule has 0 saturated carbocycles. The van der Waals surface area contributed by atoms with Crippen molar-refractivity contribution in [3.05, 3.63) is 118 Å². The number of benzene rings is 4. The van der Waals surface area contributed by atoms with Crippen molar-refractivity contribution >= 4 is 39.7 Å². The van der Waals surface area contributed by atoms with Gasteiger partial charge in [-0.05, 0) is 53.6 Å². The maximum Gasteiger partial charge on any atom is 0.133 e. The fourth-order valence-electron chi connectivity index (χ4n) is 4.24. The average Bonchev–Trinajstić information content (AvgIpc) is 2.74. The zero-order valence-corrected chi connectivity index (χ0v) is 17.3. The highest BCUT2D eigenvalue weighted by Crippen LogP contribution is 2.50. The normalized spacial score (nSPS) is 18.1. The standard InChI is InChI=1S/C26H18Cl2O/c1-26(20-11-5-7-13-22(20)28)16-24(19-10-4-6-12-21(19)27)29-23-15-14-17-8-2-3-9-18(17)25(23)26/h2-16H,1H3. The van der Waals surface area contributed by atoms with Gasteiger partial charge in [0.15, 0.2) is 0 Å². The molecule has 0 amide bonds. The average molecular weight is 417 g/mol. The number of halogens is 2. The molecule has 0 aliphatic carbocycles. The Morgan fingerprint density at radius 1 is 0.724 bits per heavy atom. The monoisotopic (exact) mass is 416 g/mol. The third kappa shape index (κ3) is 2.93. The molecule has 1 aliphatic rings. The lowest BCUT2D eigenvalue weighted by Gasteiger charge is -2.36. The van der Waals surface area contributed by atoms with Crippen molar-refractivity contribution in [2.24, 2.45) is 0 Å². The fraction of sp³-hybridized carbons (Fsp3) is 0.0769. The Bertz CT molecular complexity index is 1270. The Morgan fingerprint density at radius 3 is 2.21 bits per heavy atom. The van der Waals surface area contributed by atoms with Gasteiger partial charge in [0.2, 0.25) is 0 Å². The smallest absolute Gasteiger partial charge is 0.133 e. The van der Waals surface area contributed by atoms with E-state index >= 15 is 0 Å². The second kappa shape index (κ2) is 6.95. The minimum atomic E-state index is -0.485. The second-order valence-electron chi connectivity index (χ2n) is 7.43. The fourth-order valence-corrected chi connectivity index (χ4v) is 4.80. The minimum Gasteiger partial charge on any atom is -0.457 e. The Balaban J connectivity index is 1.86. The van der Waals surface area contributed by atoms with Crippen LogP contribution in [0.5, 0.6) is 5.75 Å². The molecule has 1 heterocycles. The van der Waals surface area contributed by atoms with Crippen LogP contribution < -0.4 is 4.74 Å². The molecule has 0 fully saturated rings. The van der Waals surface area contributed by atoms with E-state index in [4.69, 9.17) is 27.9 Å². The second-order valence-corrected chi connectivity index (χ2v) is 8.25. The third-order valence-electron chi connectivity index (χ3n) is 5.62. The van der Waals surface area contributed by atoms with Gasteiger partial charge in [0.05, 0.1) is 5.02 Å². The van der Waals surface area contributed by atoms with Gasteiger partial charge >= 0.3 is 0 Å². The molecule has 1 nitrogen and oxygen atoms in total. The van der Waals surface area contributed by atoms with E-state index in [0.717, 1.165) is 38.6 Å². The van der Waals surface area contributed by atoms with Crippen LogP contribution in [0.3, 0.4) is 0 Å². The van der Waals surface area contributed by atoms with Crippen molar-refractivity contribution in [3.63, 3.8) is 0 Å². The molecule has 0 N–H and O–H groups in total. The quantitative estimate of drug-likeness (QED) is 0.322. The van der Waals surface area contributed by atoms with Crippen LogP contribution in [0.25, 0.3) is 16.5 Å². The molecule has 0 saturated heterocycles. The summed E-state index contributed by atoms with van der Waals surface area (Å²) in [5.41, 5.74) is 2.53. The van der Waals surface area contributed by atoms with Crippen molar-refractivity contribution in [2.45, 2.75) is 12.3 Å². The first-order chi connectivity index (χ1) is 14.1. The molecule has 4 aromatic carbocycles. The first kappa shape index (κ1) is 18.3. The highest BCUT2D eigenvalue weighted by molar-refractivity contribution is 6.32. The zero-order chi connectivity index (χ0) is 20.0. The molecule has 1 aliphatic heterocycles. The van der Waals surface area contributed by atoms with Gasteiger partial charge in [0, 0.05) is 21.6 Å². The molecule has 3 heteroatoms. The van der Waals surface area contributed by atoms with Crippen LogP contribution in [-0.4, -0.2) is 0 Å². The topological polar surface area (TPSA) is 9.23 Å². The highest BCUT2D eigenvalue weighted by Gasteiger charge is 2.38. The van der Waals surface area contributed by atoms with E-state index in [-0.39, 0.29) is 0 Å². The predicted molar refractivity (Wildman–Crippen MR) is 122 cm³/mol. The van der Waals surface area contributed by atoms with Crippen LogP contribution in [-0.2, 0) is 5.41 Å². The van der Waals surface area contributed by atoms with E-state index in [1.807, 2.05) is 48.5 Å². The van der Waals surface area contributed by atoms with Gasteiger partial charge in [-0.3, -0.25) is 0 Å². The van der Waals surface area contributed by atoms with Gasteiger partial charge < -0.3 is 4.74 Å². The molecule has 1 unspecified atom stereocenters. The number of allylic oxidation sites excluding steroid dienone is 1. The SMILES string of the molecule is CC1(c2ccccc2Cl)C=C(c2ccccc2Cl)Oc2ccc3ccccc3c21. The van der Waals surface area contributed by atoms with Crippen LogP contribution in [0.15, 0.2) is 91.0 Å². The molecule has 29 heavy (non-hydrogen) atoms. The van der Waals surface area contributed by atoms with Gasteiger partial charge in [-0.15, -0.1) is 0 Å². The minimum absolute atomic E-state index is 0.485. The third-order valence-corrected chi connectivity index (χ3v) is 6.28. The first-order valence-electron chi connectivity index (χ1n) is 9.51. The number of hydrogen-bond donors (Lipinski definition) is 0. The summed E-state index contributed by atoms with van der Waals surface area (Å²) in [5.74, 6) is 1.56. The van der Waals surface area contributed by atoms with Crippen molar-refractivity contribution in [1.82, 2.24) is 0 Å². The Hall–Kier alpha value is -2.74. The van der Waals surface area contributed by atoms with Gasteiger partial charge in [-0.1, -0.05) is 83.9 Å². The molecule has 1 atom stereocenters. The van der Waals surface area contributed by atoms with E-state index in [1.54, 1.807) is 0 Å².